The molecule has 2 aromatic rings. The van der Waals surface area contributed by atoms with E-state index >= 15 is 0 Å². The van der Waals surface area contributed by atoms with Crippen LogP contribution in [0.5, 0.6) is 11.5 Å². The van der Waals surface area contributed by atoms with Crippen LogP contribution in [-0.2, 0) is 9.59 Å². The molecule has 3 rings (SSSR count). The molecule has 2 N–H and O–H groups in total. The van der Waals surface area contributed by atoms with Crippen molar-refractivity contribution in [3.8, 4) is 11.5 Å². The highest BCUT2D eigenvalue weighted by atomic mass is 16.6. The number of phenolic OH excluding ortho intramolecular Hbond substituents is 1. The number of methoxy groups -OCH3 is 1. The molecule has 1 heterocycles. The summed E-state index contributed by atoms with van der Waals surface area (Å²) < 4.78 is 5.19. The van der Waals surface area contributed by atoms with Crippen molar-refractivity contribution in [2.45, 2.75) is 19.9 Å². The van der Waals surface area contributed by atoms with Gasteiger partial charge in [0.05, 0.1) is 23.6 Å². The van der Waals surface area contributed by atoms with Crippen molar-refractivity contribution in [3.63, 3.8) is 0 Å². The van der Waals surface area contributed by atoms with E-state index in [0.717, 1.165) is 13.1 Å². The minimum Gasteiger partial charge on any atom is -0.507 e. The van der Waals surface area contributed by atoms with E-state index < -0.39 is 28.4 Å². The summed E-state index contributed by atoms with van der Waals surface area (Å²) in [4.78, 5) is 40.0. The zero-order chi connectivity index (χ0) is 25.0. The Kier molecular flexibility index (Phi) is 7.52. The van der Waals surface area contributed by atoms with E-state index in [9.17, 15) is 29.9 Å². The molecule has 1 amide bonds. The lowest BCUT2D eigenvalue weighted by molar-refractivity contribution is -0.384. The lowest BCUT2D eigenvalue weighted by Crippen LogP contribution is -2.38. The van der Waals surface area contributed by atoms with Gasteiger partial charge in [-0.05, 0) is 42.9 Å². The van der Waals surface area contributed by atoms with Crippen LogP contribution in [0.15, 0.2) is 48.0 Å². The SMILES string of the molecule is CCN(CC)CCN1C(=O)C(=O)C(=C(O)c2ccc([N+](=O)[O-])cc2)[C@@H]1c1ccc(O)c(OC)c1. The van der Waals surface area contributed by atoms with Crippen LogP contribution in [0.25, 0.3) is 5.76 Å². The molecule has 0 aromatic heterocycles. The molecule has 2 aromatic carbocycles. The monoisotopic (exact) mass is 469 g/mol. The highest BCUT2D eigenvalue weighted by Crippen LogP contribution is 2.41. The quantitative estimate of drug-likeness (QED) is 0.188. The fourth-order valence-corrected chi connectivity index (χ4v) is 4.01. The first kappa shape index (κ1) is 24.7. The van der Waals surface area contributed by atoms with Crippen molar-refractivity contribution in [1.29, 1.82) is 0 Å². The maximum absolute atomic E-state index is 13.1. The first-order valence-electron chi connectivity index (χ1n) is 10.9. The van der Waals surface area contributed by atoms with Gasteiger partial charge in [0.1, 0.15) is 5.76 Å². The molecule has 34 heavy (non-hydrogen) atoms. The van der Waals surface area contributed by atoms with Crippen LogP contribution in [-0.4, -0.2) is 69.9 Å². The highest BCUT2D eigenvalue weighted by molar-refractivity contribution is 6.46. The van der Waals surface area contributed by atoms with Crippen LogP contribution in [0, 0.1) is 10.1 Å². The summed E-state index contributed by atoms with van der Waals surface area (Å²) in [5, 5.41) is 32.0. The second-order valence-electron chi connectivity index (χ2n) is 7.75. The summed E-state index contributed by atoms with van der Waals surface area (Å²) in [7, 11) is 1.38. The Morgan fingerprint density at radius 1 is 1.15 bits per heavy atom. The van der Waals surface area contributed by atoms with Crippen molar-refractivity contribution in [2.24, 2.45) is 0 Å². The number of ketones is 1. The van der Waals surface area contributed by atoms with Gasteiger partial charge in [-0.3, -0.25) is 19.7 Å². The highest BCUT2D eigenvalue weighted by Gasteiger charge is 2.46. The van der Waals surface area contributed by atoms with Crippen molar-refractivity contribution in [1.82, 2.24) is 9.80 Å². The molecule has 0 bridgehead atoms. The Labute approximate surface area is 196 Å². The first-order valence-corrected chi connectivity index (χ1v) is 10.9. The molecule has 0 saturated carbocycles. The number of nitro groups is 1. The Morgan fingerprint density at radius 2 is 1.79 bits per heavy atom. The Bertz CT molecular complexity index is 1120. The van der Waals surface area contributed by atoms with Crippen molar-refractivity contribution < 1.29 is 29.5 Å². The summed E-state index contributed by atoms with van der Waals surface area (Å²) >= 11 is 0. The van der Waals surface area contributed by atoms with Gasteiger partial charge in [-0.25, -0.2) is 0 Å². The second kappa shape index (κ2) is 10.3. The number of amides is 1. The number of ether oxygens (including phenoxy) is 1. The summed E-state index contributed by atoms with van der Waals surface area (Å²) in [5.41, 5.74) is 0.335. The average Bonchev–Trinajstić information content (AvgIpc) is 3.09. The smallest absolute Gasteiger partial charge is 0.295 e. The second-order valence-corrected chi connectivity index (χ2v) is 7.75. The van der Waals surface area contributed by atoms with Gasteiger partial charge >= 0.3 is 0 Å². The number of nitrogens with zero attached hydrogens (tertiary/aromatic N) is 3. The maximum Gasteiger partial charge on any atom is 0.295 e. The number of Topliss-reactive ketones (excluding diaryl/α,β-unsaturated/α-hetero) is 1. The molecule has 0 unspecified atom stereocenters. The molecule has 0 aliphatic carbocycles. The normalized spacial score (nSPS) is 17.4. The van der Waals surface area contributed by atoms with Crippen LogP contribution in [0.2, 0.25) is 0 Å². The molecule has 1 atom stereocenters. The number of non-ortho nitro benzene ring substituents is 1. The van der Waals surface area contributed by atoms with E-state index in [0.29, 0.717) is 12.1 Å². The van der Waals surface area contributed by atoms with Gasteiger partial charge in [0, 0.05) is 30.8 Å². The van der Waals surface area contributed by atoms with Gasteiger partial charge in [0.25, 0.3) is 17.4 Å². The molecule has 1 aliphatic heterocycles. The van der Waals surface area contributed by atoms with Gasteiger partial charge in [0.2, 0.25) is 0 Å². The van der Waals surface area contributed by atoms with Gasteiger partial charge in [-0.2, -0.15) is 0 Å². The number of carbonyl (C=O) groups is 2. The number of nitro benzene ring substituents is 1. The van der Waals surface area contributed by atoms with Crippen molar-refractivity contribution in [2.75, 3.05) is 33.3 Å². The molecular weight excluding hydrogens is 442 g/mol. The minimum atomic E-state index is -0.930. The van der Waals surface area contributed by atoms with Crippen LogP contribution in [0.4, 0.5) is 5.69 Å². The number of benzene rings is 2. The fourth-order valence-electron chi connectivity index (χ4n) is 4.01. The fraction of sp³-hybridized carbons (Fsp3) is 0.333. The third-order valence-electron chi connectivity index (χ3n) is 5.96. The van der Waals surface area contributed by atoms with E-state index in [-0.39, 0.29) is 34.9 Å². The standard InChI is InChI=1S/C24H27N3O7/c1-4-25(5-2)12-13-26-21(16-8-11-18(28)19(14-16)34-3)20(23(30)24(26)31)22(29)15-6-9-17(10-7-15)27(32)33/h6-11,14,21,28-29H,4-5,12-13H2,1-3H3/t21-/m0/s1. The summed E-state index contributed by atoms with van der Waals surface area (Å²) in [6.07, 6.45) is 0. The Balaban J connectivity index is 2.13. The Morgan fingerprint density at radius 3 is 2.35 bits per heavy atom. The van der Waals surface area contributed by atoms with Gasteiger partial charge in [0.15, 0.2) is 11.5 Å². The number of hydrogen-bond donors (Lipinski definition) is 2. The topological polar surface area (TPSA) is 133 Å². The number of aliphatic hydroxyl groups is 1. The van der Waals surface area contributed by atoms with E-state index in [2.05, 4.69) is 4.90 Å². The summed E-state index contributed by atoms with van der Waals surface area (Å²) in [6.45, 7) is 6.27. The number of carbonyl (C=O) groups excluding carboxylic acids is 2. The number of likely N-dealkylation sites (tertiary alicyclic amines) is 1. The number of aliphatic hydroxyl groups excluding tert-OH is 1. The molecular formula is C24H27N3O7. The zero-order valence-electron chi connectivity index (χ0n) is 19.2. The number of aromatic hydroxyl groups is 1. The minimum absolute atomic E-state index is 0.110. The van der Waals surface area contributed by atoms with Crippen LogP contribution in [0.3, 0.4) is 0 Å². The summed E-state index contributed by atoms with van der Waals surface area (Å²) in [5.74, 6) is -2.00. The van der Waals surface area contributed by atoms with E-state index in [1.54, 1.807) is 6.07 Å². The number of rotatable bonds is 9. The zero-order valence-corrected chi connectivity index (χ0v) is 19.2. The van der Waals surface area contributed by atoms with Crippen LogP contribution in [0.1, 0.15) is 31.0 Å². The molecule has 0 radical (unpaired) electrons. The molecule has 10 heteroatoms. The van der Waals surface area contributed by atoms with E-state index in [1.807, 2.05) is 13.8 Å². The number of likely N-dealkylation sites (N-methyl/N-ethyl adjacent to an activating group) is 1. The first-order chi connectivity index (χ1) is 16.2. The molecule has 1 aliphatic rings. The van der Waals surface area contributed by atoms with Gasteiger partial charge < -0.3 is 24.7 Å². The Hall–Kier alpha value is -3.92. The molecule has 1 saturated heterocycles. The van der Waals surface area contributed by atoms with E-state index in [4.69, 9.17) is 4.74 Å². The third-order valence-corrected chi connectivity index (χ3v) is 5.96. The molecule has 10 nitrogen and oxygen atoms in total. The predicted octanol–water partition coefficient (Wildman–Crippen LogP) is 3.07. The van der Waals surface area contributed by atoms with Crippen molar-refractivity contribution >= 4 is 23.1 Å². The van der Waals surface area contributed by atoms with E-state index in [1.165, 1.54) is 48.4 Å². The lowest BCUT2D eigenvalue weighted by Gasteiger charge is -2.28. The maximum atomic E-state index is 13.1. The molecule has 0 spiro atoms. The number of phenols is 1. The third kappa shape index (κ3) is 4.72. The average molecular weight is 469 g/mol. The lowest BCUT2D eigenvalue weighted by atomic mass is 9.95. The predicted molar refractivity (Wildman–Crippen MR) is 125 cm³/mol. The number of hydrogen-bond acceptors (Lipinski definition) is 8. The van der Waals surface area contributed by atoms with Crippen LogP contribution < -0.4 is 4.74 Å². The largest absolute Gasteiger partial charge is 0.507 e. The molecule has 1 fully saturated rings. The van der Waals surface area contributed by atoms with Gasteiger partial charge in [-0.15, -0.1) is 0 Å². The van der Waals surface area contributed by atoms with Crippen molar-refractivity contribution in [3.05, 3.63) is 69.3 Å². The summed E-state index contributed by atoms with van der Waals surface area (Å²) in [6, 6.07) is 8.61. The van der Waals surface area contributed by atoms with Gasteiger partial charge in [-0.1, -0.05) is 19.9 Å². The molecule has 180 valence electrons. The van der Waals surface area contributed by atoms with Crippen LogP contribution >= 0.6 is 0 Å².